The number of ether oxygens (including phenoxy) is 5. The molecule has 4 N–H and O–H groups in total. The number of benzene rings is 3. The monoisotopic (exact) mass is 649 g/mol. The molecule has 12 nitrogen and oxygen atoms in total. The minimum Gasteiger partial charge on any atom is -0.497 e. The van der Waals surface area contributed by atoms with Gasteiger partial charge in [-0.3, -0.25) is 10.2 Å². The van der Waals surface area contributed by atoms with E-state index in [-0.39, 0.29) is 30.2 Å². The van der Waals surface area contributed by atoms with Gasteiger partial charge in [-0.2, -0.15) is 0 Å². The van der Waals surface area contributed by atoms with Gasteiger partial charge in [0.15, 0.2) is 11.2 Å². The van der Waals surface area contributed by atoms with Crippen LogP contribution in [0.2, 0.25) is 0 Å². The van der Waals surface area contributed by atoms with Crippen molar-refractivity contribution < 1.29 is 43.5 Å². The van der Waals surface area contributed by atoms with Gasteiger partial charge in [0.1, 0.15) is 34.7 Å². The zero-order valence-electron chi connectivity index (χ0n) is 27.7. The summed E-state index contributed by atoms with van der Waals surface area (Å²) < 4.78 is 28.8. The van der Waals surface area contributed by atoms with Crippen molar-refractivity contribution in [2.45, 2.75) is 49.6 Å². The molecule has 1 aliphatic heterocycles. The third-order valence-corrected chi connectivity index (χ3v) is 8.75. The summed E-state index contributed by atoms with van der Waals surface area (Å²) in [7, 11) is 6.10. The SMILES string of the molecule is COc1ccc([C@@]23Oc4cc(OC)cc(OC)c4[C@]2(O)[C@@H](O)[C@@H](C(=O)NNCCN(C)C(=O)OC(C)(C)C)[C@H]3c2ccccc2)cc1. The molecule has 0 unspecified atom stereocenters. The first kappa shape index (κ1) is 33.8. The Morgan fingerprint density at radius 1 is 0.957 bits per heavy atom. The molecule has 5 atom stereocenters. The van der Waals surface area contributed by atoms with Crippen molar-refractivity contribution in [3.8, 4) is 23.0 Å². The van der Waals surface area contributed by atoms with E-state index in [0.717, 1.165) is 0 Å². The van der Waals surface area contributed by atoms with E-state index in [1.165, 1.54) is 19.1 Å². The number of aliphatic hydroxyl groups excluding tert-OH is 1. The van der Waals surface area contributed by atoms with Crippen LogP contribution in [0.15, 0.2) is 66.7 Å². The van der Waals surface area contributed by atoms with Crippen molar-refractivity contribution in [2.75, 3.05) is 41.5 Å². The van der Waals surface area contributed by atoms with Crippen LogP contribution in [-0.4, -0.2) is 80.3 Å². The quantitative estimate of drug-likeness (QED) is 0.190. The molecule has 0 radical (unpaired) electrons. The fourth-order valence-corrected chi connectivity index (χ4v) is 6.68. The number of likely N-dealkylation sites (N-methyl/N-ethyl adjacent to an activating group) is 1. The van der Waals surface area contributed by atoms with E-state index < -0.39 is 46.7 Å². The molecule has 1 saturated carbocycles. The first-order valence-corrected chi connectivity index (χ1v) is 15.3. The smallest absolute Gasteiger partial charge is 0.410 e. The van der Waals surface area contributed by atoms with E-state index in [9.17, 15) is 19.8 Å². The molecule has 0 bridgehead atoms. The second-order valence-electron chi connectivity index (χ2n) is 12.7. The van der Waals surface area contributed by atoms with Crippen LogP contribution in [-0.2, 0) is 20.7 Å². The van der Waals surface area contributed by atoms with Crippen LogP contribution in [0, 0.1) is 5.92 Å². The second kappa shape index (κ2) is 12.9. The maximum absolute atomic E-state index is 14.1. The largest absolute Gasteiger partial charge is 0.497 e. The lowest BCUT2D eigenvalue weighted by Gasteiger charge is -2.40. The van der Waals surface area contributed by atoms with Gasteiger partial charge in [0.2, 0.25) is 5.91 Å². The number of rotatable bonds is 10. The molecule has 0 spiro atoms. The summed E-state index contributed by atoms with van der Waals surface area (Å²) in [6.45, 7) is 5.75. The number of hydrogen-bond donors (Lipinski definition) is 4. The van der Waals surface area contributed by atoms with Crippen LogP contribution in [0.5, 0.6) is 23.0 Å². The second-order valence-corrected chi connectivity index (χ2v) is 12.7. The molecule has 3 aromatic rings. The van der Waals surface area contributed by atoms with Crippen molar-refractivity contribution in [2.24, 2.45) is 5.92 Å². The first-order chi connectivity index (χ1) is 22.3. The Hall–Kier alpha value is -4.52. The summed E-state index contributed by atoms with van der Waals surface area (Å²) in [5, 5.41) is 25.3. The van der Waals surface area contributed by atoms with Crippen LogP contribution < -0.4 is 29.8 Å². The Kier molecular flexibility index (Phi) is 9.31. The summed E-state index contributed by atoms with van der Waals surface area (Å²) in [6, 6.07) is 19.4. The molecule has 0 aromatic heterocycles. The summed E-state index contributed by atoms with van der Waals surface area (Å²) in [5.41, 5.74) is 2.40. The van der Waals surface area contributed by atoms with Crippen molar-refractivity contribution in [3.63, 3.8) is 0 Å². The van der Waals surface area contributed by atoms with Gasteiger partial charge >= 0.3 is 6.09 Å². The van der Waals surface area contributed by atoms with E-state index >= 15 is 0 Å². The predicted molar refractivity (Wildman–Crippen MR) is 172 cm³/mol. The highest BCUT2D eigenvalue weighted by molar-refractivity contribution is 5.83. The number of carbonyl (C=O) groups is 2. The lowest BCUT2D eigenvalue weighted by molar-refractivity contribution is -0.154. The highest BCUT2D eigenvalue weighted by atomic mass is 16.6. The number of methoxy groups -OCH3 is 3. The molecule has 1 fully saturated rings. The van der Waals surface area contributed by atoms with E-state index in [1.807, 2.05) is 30.3 Å². The number of fused-ring (bicyclic) bond motifs is 3. The van der Waals surface area contributed by atoms with Gasteiger partial charge in [-0.1, -0.05) is 42.5 Å². The zero-order valence-corrected chi connectivity index (χ0v) is 27.7. The predicted octanol–water partition coefficient (Wildman–Crippen LogP) is 3.45. The molecule has 1 aliphatic carbocycles. The summed E-state index contributed by atoms with van der Waals surface area (Å²) >= 11 is 0. The van der Waals surface area contributed by atoms with Crippen molar-refractivity contribution >= 4 is 12.0 Å². The molecule has 5 rings (SSSR count). The lowest BCUT2D eigenvalue weighted by Crippen LogP contribution is -2.52. The van der Waals surface area contributed by atoms with Gasteiger partial charge in [-0.25, -0.2) is 10.2 Å². The minimum atomic E-state index is -2.17. The van der Waals surface area contributed by atoms with Gasteiger partial charge in [0.25, 0.3) is 0 Å². The van der Waals surface area contributed by atoms with E-state index in [4.69, 9.17) is 23.7 Å². The maximum Gasteiger partial charge on any atom is 0.410 e. The Balaban J connectivity index is 1.57. The molecular formula is C35H43N3O9. The molecular weight excluding hydrogens is 606 g/mol. The Morgan fingerprint density at radius 2 is 1.62 bits per heavy atom. The van der Waals surface area contributed by atoms with Gasteiger partial charge in [-0.15, -0.1) is 0 Å². The topological polar surface area (TPSA) is 148 Å². The molecule has 47 heavy (non-hydrogen) atoms. The zero-order chi connectivity index (χ0) is 34.1. The summed E-state index contributed by atoms with van der Waals surface area (Å²) in [5.74, 6) is -1.23. The number of hydrogen-bond acceptors (Lipinski definition) is 10. The standard InChI is InChI=1S/C35H43N3O9/c1-33(2,3)47-32(41)38(4)18-17-36-37-31(40)27-28(21-11-9-8-10-12-21)35(22-13-15-23(43-5)16-14-22)34(42,30(27)39)29-25(45-7)19-24(44-6)20-26(29)46-35/h8-16,19-20,27-28,30,36,39,42H,17-18H2,1-7H3,(H,37,40)/t27-,28+,30-,34-,35-/m0/s1. The molecule has 12 heteroatoms. The summed E-state index contributed by atoms with van der Waals surface area (Å²) in [4.78, 5) is 27.9. The fraction of sp³-hybridized carbons (Fsp3) is 0.429. The molecule has 0 saturated heterocycles. The highest BCUT2D eigenvalue weighted by Gasteiger charge is 2.78. The van der Waals surface area contributed by atoms with Crippen molar-refractivity contribution in [1.82, 2.24) is 15.8 Å². The third kappa shape index (κ3) is 5.81. The molecule has 3 aromatic carbocycles. The Labute approximate surface area is 274 Å². The van der Waals surface area contributed by atoms with Crippen LogP contribution in [0.3, 0.4) is 0 Å². The van der Waals surface area contributed by atoms with E-state index in [1.54, 1.807) is 71.3 Å². The third-order valence-electron chi connectivity index (χ3n) is 8.75. The van der Waals surface area contributed by atoms with E-state index in [0.29, 0.717) is 22.6 Å². The van der Waals surface area contributed by atoms with Crippen LogP contribution >= 0.6 is 0 Å². The number of nitrogens with one attached hydrogen (secondary N) is 2. The van der Waals surface area contributed by atoms with Crippen LogP contribution in [0.25, 0.3) is 0 Å². The van der Waals surface area contributed by atoms with Crippen molar-refractivity contribution in [3.05, 3.63) is 83.4 Å². The lowest BCUT2D eigenvalue weighted by atomic mass is 9.70. The Morgan fingerprint density at radius 3 is 2.21 bits per heavy atom. The number of carbonyl (C=O) groups excluding carboxylic acids is 2. The Bertz CT molecular complexity index is 1590. The average molecular weight is 650 g/mol. The first-order valence-electron chi connectivity index (χ1n) is 15.3. The van der Waals surface area contributed by atoms with Gasteiger partial charge < -0.3 is 38.8 Å². The summed E-state index contributed by atoms with van der Waals surface area (Å²) in [6.07, 6.45) is -2.18. The average Bonchev–Trinajstić information content (AvgIpc) is 3.44. The van der Waals surface area contributed by atoms with Crippen molar-refractivity contribution in [1.29, 1.82) is 0 Å². The highest BCUT2D eigenvalue weighted by Crippen LogP contribution is 2.70. The van der Waals surface area contributed by atoms with Crippen LogP contribution in [0.4, 0.5) is 4.79 Å². The van der Waals surface area contributed by atoms with Crippen LogP contribution in [0.1, 0.15) is 43.4 Å². The maximum atomic E-state index is 14.1. The minimum absolute atomic E-state index is 0.182. The van der Waals surface area contributed by atoms with Gasteiger partial charge in [0.05, 0.1) is 32.8 Å². The van der Waals surface area contributed by atoms with Gasteiger partial charge in [-0.05, 0) is 44.0 Å². The molecule has 252 valence electrons. The molecule has 2 aliphatic rings. The number of nitrogens with zero attached hydrogens (tertiary/aromatic N) is 1. The number of amides is 2. The number of hydrazine groups is 1. The number of aliphatic hydroxyl groups is 2. The van der Waals surface area contributed by atoms with E-state index in [2.05, 4.69) is 10.9 Å². The normalized spacial score (nSPS) is 24.4. The van der Waals surface area contributed by atoms with Gasteiger partial charge in [0, 0.05) is 38.2 Å². The fourth-order valence-electron chi connectivity index (χ4n) is 6.68. The molecule has 1 heterocycles. The molecule has 2 amide bonds.